The molecule has 5 nitrogen and oxygen atoms in total. The van der Waals surface area contributed by atoms with E-state index in [2.05, 4.69) is 10.3 Å². The van der Waals surface area contributed by atoms with E-state index in [0.29, 0.717) is 36.1 Å². The summed E-state index contributed by atoms with van der Waals surface area (Å²) in [5, 5.41) is 3.74. The molecule has 0 aliphatic carbocycles. The Balaban J connectivity index is 1.66. The van der Waals surface area contributed by atoms with Crippen LogP contribution in [0.5, 0.6) is 0 Å². The molecule has 35 heavy (non-hydrogen) atoms. The first kappa shape index (κ1) is 24.4. The Hall–Kier alpha value is -3.68. The number of alkyl halides is 3. The first-order valence-electron chi connectivity index (χ1n) is 11.6. The van der Waals surface area contributed by atoms with Crippen molar-refractivity contribution in [1.29, 1.82) is 0 Å². The highest BCUT2D eigenvalue weighted by atomic mass is 19.4. The van der Waals surface area contributed by atoms with Gasteiger partial charge >= 0.3 is 6.18 Å². The number of carbonyl (C=O) groups excluding carboxylic acids is 2. The van der Waals surface area contributed by atoms with Crippen LogP contribution in [0.3, 0.4) is 0 Å². The van der Waals surface area contributed by atoms with Crippen molar-refractivity contribution in [1.82, 2.24) is 4.98 Å². The zero-order valence-electron chi connectivity index (χ0n) is 19.5. The van der Waals surface area contributed by atoms with Gasteiger partial charge in [0.05, 0.1) is 16.8 Å². The number of hydrogen-bond acceptors (Lipinski definition) is 3. The van der Waals surface area contributed by atoms with Gasteiger partial charge in [-0.3, -0.25) is 14.6 Å². The molecule has 0 saturated carbocycles. The van der Waals surface area contributed by atoms with Crippen molar-refractivity contribution >= 4 is 39.7 Å². The van der Waals surface area contributed by atoms with Crippen LogP contribution in [0.2, 0.25) is 0 Å². The Kier molecular flexibility index (Phi) is 6.91. The van der Waals surface area contributed by atoms with Gasteiger partial charge in [-0.05, 0) is 55.2 Å². The highest BCUT2D eigenvalue weighted by Gasteiger charge is 2.35. The van der Waals surface area contributed by atoms with Gasteiger partial charge in [0.1, 0.15) is 0 Å². The molecule has 182 valence electrons. The molecule has 1 N–H and O–H groups in total. The van der Waals surface area contributed by atoms with Gasteiger partial charge in [-0.25, -0.2) is 0 Å². The zero-order valence-corrected chi connectivity index (χ0v) is 19.5. The third kappa shape index (κ3) is 5.21. The van der Waals surface area contributed by atoms with Gasteiger partial charge in [-0.1, -0.05) is 32.0 Å². The minimum absolute atomic E-state index is 0.192. The fourth-order valence-electron chi connectivity index (χ4n) is 4.41. The van der Waals surface area contributed by atoms with E-state index in [1.165, 1.54) is 17.0 Å². The molecule has 0 atom stereocenters. The predicted octanol–water partition coefficient (Wildman–Crippen LogP) is 6.45. The lowest BCUT2D eigenvalue weighted by Crippen LogP contribution is -2.39. The van der Waals surface area contributed by atoms with Crippen LogP contribution < -0.4 is 10.2 Å². The second kappa shape index (κ2) is 9.90. The molecule has 1 aliphatic heterocycles. The van der Waals surface area contributed by atoms with Crippen LogP contribution in [-0.4, -0.2) is 23.3 Å². The van der Waals surface area contributed by atoms with Crippen molar-refractivity contribution in [3.05, 3.63) is 71.9 Å². The van der Waals surface area contributed by atoms with E-state index in [9.17, 15) is 22.8 Å². The number of pyridine rings is 1. The number of amides is 2. The second-order valence-corrected chi connectivity index (χ2v) is 8.55. The minimum Gasteiger partial charge on any atom is -0.322 e. The topological polar surface area (TPSA) is 62.3 Å². The zero-order chi connectivity index (χ0) is 25.2. The molecule has 0 saturated heterocycles. The summed E-state index contributed by atoms with van der Waals surface area (Å²) in [5.41, 5.74) is 1.70. The summed E-state index contributed by atoms with van der Waals surface area (Å²) >= 11 is 0. The monoisotopic (exact) mass is 481 g/mol. The van der Waals surface area contributed by atoms with Gasteiger partial charge in [-0.2, -0.15) is 13.2 Å². The molecule has 0 spiro atoms. The van der Waals surface area contributed by atoms with E-state index in [-0.39, 0.29) is 24.1 Å². The maximum atomic E-state index is 13.5. The quantitative estimate of drug-likeness (QED) is 0.426. The van der Waals surface area contributed by atoms with E-state index in [4.69, 9.17) is 0 Å². The van der Waals surface area contributed by atoms with E-state index >= 15 is 0 Å². The number of nitrogens with zero attached hydrogens (tertiary/aromatic N) is 2. The maximum Gasteiger partial charge on any atom is 0.416 e. The van der Waals surface area contributed by atoms with Crippen LogP contribution in [0, 0.1) is 5.92 Å². The summed E-state index contributed by atoms with van der Waals surface area (Å²) in [4.78, 5) is 31.6. The molecule has 1 aromatic heterocycles. The summed E-state index contributed by atoms with van der Waals surface area (Å²) < 4.78 is 40.4. The van der Waals surface area contributed by atoms with Gasteiger partial charge in [0, 0.05) is 41.4 Å². The normalized spacial score (nSPS) is 14.9. The average Bonchev–Trinajstić information content (AvgIpc) is 2.84. The lowest BCUT2D eigenvalue weighted by molar-refractivity contribution is -0.137. The number of anilines is 2. The smallest absolute Gasteiger partial charge is 0.322 e. The molecule has 2 amide bonds. The van der Waals surface area contributed by atoms with Gasteiger partial charge in [0.15, 0.2) is 0 Å². The number of rotatable bonds is 5. The van der Waals surface area contributed by atoms with E-state index in [1.54, 1.807) is 18.3 Å². The van der Waals surface area contributed by atoms with Crippen LogP contribution in [0.25, 0.3) is 16.5 Å². The van der Waals surface area contributed by atoms with Crippen LogP contribution >= 0.6 is 0 Å². The lowest BCUT2D eigenvalue weighted by atomic mass is 9.91. The Morgan fingerprint density at radius 1 is 1.11 bits per heavy atom. The fourth-order valence-corrected chi connectivity index (χ4v) is 4.41. The number of aromatic nitrogens is 1. The SMILES string of the molecule is CCC(CC)C(=O)N1CCC(=CC(=O)Nc2ccc3cccnc3c2)c2ccc(C(F)(F)F)cc21. The molecule has 3 aromatic rings. The lowest BCUT2D eigenvalue weighted by Gasteiger charge is -2.34. The molecule has 0 radical (unpaired) electrons. The number of fused-ring (bicyclic) bond motifs is 2. The Labute approximate surface area is 201 Å². The molecular weight excluding hydrogens is 455 g/mol. The van der Waals surface area contributed by atoms with Crippen molar-refractivity contribution in [3.63, 3.8) is 0 Å². The van der Waals surface area contributed by atoms with Crippen LogP contribution in [0.15, 0.2) is 60.8 Å². The molecule has 0 fully saturated rings. The third-order valence-corrected chi connectivity index (χ3v) is 6.35. The summed E-state index contributed by atoms with van der Waals surface area (Å²) in [6.07, 6.45) is 0.0858. The van der Waals surface area contributed by atoms with Gasteiger partial charge in [0.25, 0.3) is 0 Å². The third-order valence-electron chi connectivity index (χ3n) is 6.35. The first-order chi connectivity index (χ1) is 16.7. The van der Waals surface area contributed by atoms with Gasteiger partial charge in [0.2, 0.25) is 11.8 Å². The number of halogens is 3. The number of carbonyl (C=O) groups is 2. The van der Waals surface area contributed by atoms with E-state index in [0.717, 1.165) is 23.0 Å². The van der Waals surface area contributed by atoms with Crippen molar-refractivity contribution in [3.8, 4) is 0 Å². The predicted molar refractivity (Wildman–Crippen MR) is 131 cm³/mol. The minimum atomic E-state index is -4.54. The van der Waals surface area contributed by atoms with Crippen molar-refractivity contribution in [2.45, 2.75) is 39.3 Å². The second-order valence-electron chi connectivity index (χ2n) is 8.55. The Morgan fingerprint density at radius 3 is 2.60 bits per heavy atom. The highest BCUT2D eigenvalue weighted by molar-refractivity contribution is 6.07. The van der Waals surface area contributed by atoms with Crippen LogP contribution in [0.1, 0.15) is 44.2 Å². The van der Waals surface area contributed by atoms with Gasteiger partial charge in [-0.15, -0.1) is 0 Å². The molecule has 8 heteroatoms. The van der Waals surface area contributed by atoms with E-state index in [1.807, 2.05) is 32.0 Å². The molecule has 2 aromatic carbocycles. The molecule has 1 aliphatic rings. The Morgan fingerprint density at radius 2 is 1.89 bits per heavy atom. The summed E-state index contributed by atoms with van der Waals surface area (Å²) in [7, 11) is 0. The summed E-state index contributed by atoms with van der Waals surface area (Å²) in [5.74, 6) is -0.864. The first-order valence-corrected chi connectivity index (χ1v) is 11.6. The number of hydrogen-bond donors (Lipinski definition) is 1. The van der Waals surface area contributed by atoms with Crippen LogP contribution in [0.4, 0.5) is 24.5 Å². The average molecular weight is 482 g/mol. The maximum absolute atomic E-state index is 13.5. The molecule has 4 rings (SSSR count). The molecule has 0 unspecified atom stereocenters. The molecular formula is C27H26F3N3O2. The fraction of sp³-hybridized carbons (Fsp3) is 0.296. The summed E-state index contributed by atoms with van der Waals surface area (Å²) in [6.45, 7) is 3.99. The summed E-state index contributed by atoms with van der Waals surface area (Å²) in [6, 6.07) is 12.5. The molecule has 0 bridgehead atoms. The molecule has 2 heterocycles. The number of nitrogens with one attached hydrogen (secondary N) is 1. The van der Waals surface area contributed by atoms with Crippen molar-refractivity contribution in [2.75, 3.05) is 16.8 Å². The standard InChI is InChI=1S/C27H26F3N3O2/c1-3-17(4-2)26(35)33-13-11-19(22-10-8-20(15-24(22)33)27(28,29)30)14-25(34)32-21-9-7-18-6-5-12-31-23(18)16-21/h5-10,12,14-17H,3-4,11,13H2,1-2H3,(H,32,34). The highest BCUT2D eigenvalue weighted by Crippen LogP contribution is 2.40. The van der Waals surface area contributed by atoms with Crippen molar-refractivity contribution < 1.29 is 22.8 Å². The Bertz CT molecular complexity index is 1300. The number of benzene rings is 2. The van der Waals surface area contributed by atoms with E-state index < -0.39 is 17.6 Å². The van der Waals surface area contributed by atoms with Crippen LogP contribution in [-0.2, 0) is 15.8 Å². The van der Waals surface area contributed by atoms with Crippen molar-refractivity contribution in [2.24, 2.45) is 5.92 Å². The van der Waals surface area contributed by atoms with Gasteiger partial charge < -0.3 is 10.2 Å². The largest absolute Gasteiger partial charge is 0.416 e.